The molecule has 0 spiro atoms. The second kappa shape index (κ2) is 6.87. The Morgan fingerprint density at radius 1 is 1.32 bits per heavy atom. The van der Waals surface area contributed by atoms with Crippen molar-refractivity contribution in [1.82, 2.24) is 4.98 Å². The van der Waals surface area contributed by atoms with E-state index in [1.165, 1.54) is 32.1 Å². The first kappa shape index (κ1) is 14.3. The molecular weight excluding hydrogens is 240 g/mol. The van der Waals surface area contributed by atoms with Crippen molar-refractivity contribution in [2.75, 3.05) is 18.1 Å². The van der Waals surface area contributed by atoms with Crippen LogP contribution >= 0.6 is 0 Å². The largest absolute Gasteiger partial charge is 0.395 e. The van der Waals surface area contributed by atoms with Crippen LogP contribution in [0.3, 0.4) is 0 Å². The maximum absolute atomic E-state index is 9.49. The third-order valence-corrected chi connectivity index (χ3v) is 3.89. The fourth-order valence-corrected chi connectivity index (χ4v) is 2.84. The molecule has 2 rings (SSSR count). The topological polar surface area (TPSA) is 56.6 Å². The third kappa shape index (κ3) is 3.67. The van der Waals surface area contributed by atoms with Gasteiger partial charge in [-0.15, -0.1) is 0 Å². The van der Waals surface area contributed by atoms with Crippen LogP contribution < -0.4 is 4.90 Å². The summed E-state index contributed by atoms with van der Waals surface area (Å²) in [5.41, 5.74) is 1.74. The van der Waals surface area contributed by atoms with Crippen molar-refractivity contribution >= 4 is 5.69 Å². The lowest BCUT2D eigenvalue weighted by Gasteiger charge is -2.35. The molecule has 4 heteroatoms. The van der Waals surface area contributed by atoms with Gasteiger partial charge in [-0.2, -0.15) is 0 Å². The van der Waals surface area contributed by atoms with Crippen LogP contribution in [-0.2, 0) is 0 Å². The molecule has 4 nitrogen and oxygen atoms in total. The summed E-state index contributed by atoms with van der Waals surface area (Å²) in [6.07, 6.45) is 7.53. The van der Waals surface area contributed by atoms with Gasteiger partial charge in [-0.25, -0.2) is 0 Å². The molecule has 0 bridgehead atoms. The van der Waals surface area contributed by atoms with Crippen LogP contribution in [0.15, 0.2) is 18.3 Å². The minimum absolute atomic E-state index is 0.161. The smallest absolute Gasteiger partial charge is 0.0931 e. The van der Waals surface area contributed by atoms with E-state index in [4.69, 9.17) is 0 Å². The highest BCUT2D eigenvalue weighted by Gasteiger charge is 2.21. The summed E-state index contributed by atoms with van der Waals surface area (Å²) in [4.78, 5) is 6.56. The van der Waals surface area contributed by atoms with Crippen LogP contribution in [0.5, 0.6) is 0 Å². The van der Waals surface area contributed by atoms with E-state index in [0.717, 1.165) is 5.69 Å². The molecule has 1 atom stereocenters. The van der Waals surface area contributed by atoms with Crippen molar-refractivity contribution in [2.24, 2.45) is 0 Å². The molecular formula is C15H24N2O2. The quantitative estimate of drug-likeness (QED) is 0.856. The summed E-state index contributed by atoms with van der Waals surface area (Å²) < 4.78 is 0. The molecule has 1 aliphatic rings. The average molecular weight is 264 g/mol. The van der Waals surface area contributed by atoms with Gasteiger partial charge in [-0.3, -0.25) is 4.98 Å². The Morgan fingerprint density at radius 2 is 2.05 bits per heavy atom. The molecule has 1 aliphatic carbocycles. The summed E-state index contributed by atoms with van der Waals surface area (Å²) in [5.74, 6) is 0. The van der Waals surface area contributed by atoms with Gasteiger partial charge in [0.15, 0.2) is 0 Å². The number of pyridine rings is 1. The van der Waals surface area contributed by atoms with Gasteiger partial charge in [-0.1, -0.05) is 19.3 Å². The van der Waals surface area contributed by atoms with Crippen molar-refractivity contribution < 1.29 is 10.2 Å². The van der Waals surface area contributed by atoms with Gasteiger partial charge in [0.05, 0.1) is 30.3 Å². The van der Waals surface area contributed by atoms with Gasteiger partial charge in [-0.05, 0) is 31.9 Å². The predicted molar refractivity (Wildman–Crippen MR) is 76.2 cm³/mol. The van der Waals surface area contributed by atoms with Crippen molar-refractivity contribution in [3.05, 3.63) is 24.0 Å². The van der Waals surface area contributed by atoms with Crippen molar-refractivity contribution in [3.8, 4) is 0 Å². The van der Waals surface area contributed by atoms with E-state index in [2.05, 4.69) is 9.88 Å². The van der Waals surface area contributed by atoms with E-state index < -0.39 is 6.10 Å². The Labute approximate surface area is 115 Å². The van der Waals surface area contributed by atoms with Gasteiger partial charge >= 0.3 is 0 Å². The molecule has 1 aromatic rings. The molecule has 19 heavy (non-hydrogen) atoms. The van der Waals surface area contributed by atoms with E-state index in [0.29, 0.717) is 18.3 Å². The number of rotatable bonds is 5. The summed E-state index contributed by atoms with van der Waals surface area (Å²) >= 11 is 0. The second-order valence-corrected chi connectivity index (χ2v) is 5.33. The number of anilines is 1. The molecule has 0 radical (unpaired) electrons. The minimum atomic E-state index is -0.532. The molecule has 1 fully saturated rings. The molecule has 0 saturated heterocycles. The lowest BCUT2D eigenvalue weighted by atomic mass is 9.94. The summed E-state index contributed by atoms with van der Waals surface area (Å²) in [6.45, 7) is 2.53. The molecule has 0 aliphatic heterocycles. The second-order valence-electron chi connectivity index (χ2n) is 5.33. The zero-order valence-electron chi connectivity index (χ0n) is 11.6. The number of aromatic nitrogens is 1. The molecule has 1 saturated carbocycles. The SMILES string of the molecule is C[C@H](O)c1ccc(N(CCO)C2CCCCC2)cn1. The number of aliphatic hydroxyl groups is 2. The van der Waals surface area contributed by atoms with Gasteiger partial charge < -0.3 is 15.1 Å². The molecule has 0 unspecified atom stereocenters. The van der Waals surface area contributed by atoms with E-state index in [9.17, 15) is 10.2 Å². The van der Waals surface area contributed by atoms with Crippen molar-refractivity contribution in [1.29, 1.82) is 0 Å². The Bertz CT molecular complexity index is 372. The van der Waals surface area contributed by atoms with Crippen molar-refractivity contribution in [3.63, 3.8) is 0 Å². The predicted octanol–water partition coefficient (Wildman–Crippen LogP) is 2.27. The van der Waals surface area contributed by atoms with Crippen LogP contribution in [0.2, 0.25) is 0 Å². The molecule has 106 valence electrons. The highest BCUT2D eigenvalue weighted by Crippen LogP contribution is 2.27. The zero-order chi connectivity index (χ0) is 13.7. The molecule has 2 N–H and O–H groups in total. The first-order chi connectivity index (χ1) is 9.22. The Kier molecular flexibility index (Phi) is 5.16. The lowest BCUT2D eigenvalue weighted by Crippen LogP contribution is -2.38. The van der Waals surface area contributed by atoms with E-state index in [-0.39, 0.29) is 6.61 Å². The average Bonchev–Trinajstić information content (AvgIpc) is 2.46. The van der Waals surface area contributed by atoms with Crippen LogP contribution in [0.1, 0.15) is 50.8 Å². The Hall–Kier alpha value is -1.13. The van der Waals surface area contributed by atoms with E-state index in [1.807, 2.05) is 18.3 Å². The molecule has 1 heterocycles. The lowest BCUT2D eigenvalue weighted by molar-refractivity contribution is 0.194. The summed E-state index contributed by atoms with van der Waals surface area (Å²) in [5, 5.41) is 18.8. The summed E-state index contributed by atoms with van der Waals surface area (Å²) in [7, 11) is 0. The van der Waals surface area contributed by atoms with E-state index in [1.54, 1.807) is 6.92 Å². The van der Waals surface area contributed by atoms with Crippen LogP contribution in [0, 0.1) is 0 Å². The van der Waals surface area contributed by atoms with E-state index >= 15 is 0 Å². The fraction of sp³-hybridized carbons (Fsp3) is 0.667. The number of hydrogen-bond acceptors (Lipinski definition) is 4. The zero-order valence-corrected chi connectivity index (χ0v) is 11.6. The fourth-order valence-electron chi connectivity index (χ4n) is 2.84. The van der Waals surface area contributed by atoms with Crippen LogP contribution in [0.4, 0.5) is 5.69 Å². The van der Waals surface area contributed by atoms with Gasteiger partial charge in [0, 0.05) is 12.6 Å². The number of aliphatic hydroxyl groups excluding tert-OH is 2. The molecule has 0 aromatic carbocycles. The van der Waals surface area contributed by atoms with Gasteiger partial charge in [0.2, 0.25) is 0 Å². The molecule has 1 aromatic heterocycles. The first-order valence-corrected chi connectivity index (χ1v) is 7.24. The van der Waals surface area contributed by atoms with Crippen LogP contribution in [0.25, 0.3) is 0 Å². The highest BCUT2D eigenvalue weighted by molar-refractivity contribution is 5.46. The maximum Gasteiger partial charge on any atom is 0.0931 e. The number of nitrogens with zero attached hydrogens (tertiary/aromatic N) is 2. The van der Waals surface area contributed by atoms with Gasteiger partial charge in [0.25, 0.3) is 0 Å². The Morgan fingerprint density at radius 3 is 2.58 bits per heavy atom. The molecule has 0 amide bonds. The maximum atomic E-state index is 9.49. The highest BCUT2D eigenvalue weighted by atomic mass is 16.3. The van der Waals surface area contributed by atoms with Gasteiger partial charge in [0.1, 0.15) is 0 Å². The van der Waals surface area contributed by atoms with Crippen molar-refractivity contribution in [2.45, 2.75) is 51.2 Å². The Balaban J connectivity index is 2.13. The normalized spacial score (nSPS) is 18.3. The first-order valence-electron chi connectivity index (χ1n) is 7.24. The number of hydrogen-bond donors (Lipinski definition) is 2. The monoisotopic (exact) mass is 264 g/mol. The minimum Gasteiger partial charge on any atom is -0.395 e. The third-order valence-electron chi connectivity index (χ3n) is 3.89. The summed E-state index contributed by atoms with van der Waals surface area (Å²) in [6, 6.07) is 4.38. The standard InChI is InChI=1S/C15H24N2O2/c1-12(19)15-8-7-14(11-16-15)17(9-10-18)13-5-3-2-4-6-13/h7-8,11-13,18-19H,2-6,9-10H2,1H3/t12-/m0/s1. The van der Waals surface area contributed by atoms with Crippen LogP contribution in [-0.4, -0.2) is 34.4 Å².